The van der Waals surface area contributed by atoms with Crippen molar-refractivity contribution in [1.82, 2.24) is 0 Å². The van der Waals surface area contributed by atoms with Crippen LogP contribution in [-0.2, 0) is 11.3 Å². The maximum Gasteiger partial charge on any atom is 0.0717 e. The number of unbranched alkanes of at least 4 members (excludes halogenated alkanes) is 1. The second-order valence-corrected chi connectivity index (χ2v) is 6.77. The Morgan fingerprint density at radius 1 is 0.815 bits per heavy atom. The van der Waals surface area contributed by atoms with E-state index in [1.165, 1.54) is 39.8 Å². The highest BCUT2D eigenvalue weighted by molar-refractivity contribution is 5.77. The molecule has 0 N–H and O–H groups in total. The van der Waals surface area contributed by atoms with Gasteiger partial charge in [0, 0.05) is 6.61 Å². The van der Waals surface area contributed by atoms with Gasteiger partial charge >= 0.3 is 0 Å². The van der Waals surface area contributed by atoms with Gasteiger partial charge in [0.15, 0.2) is 0 Å². The SMILES string of the molecule is C/C=C/c1cc(COCCCC)ccc1-c1ccc(-c2ccccc2)cc1. The van der Waals surface area contributed by atoms with Crippen LogP contribution in [0.25, 0.3) is 28.3 Å². The molecule has 0 aromatic heterocycles. The van der Waals surface area contributed by atoms with Crippen LogP contribution in [0.4, 0.5) is 0 Å². The van der Waals surface area contributed by atoms with Crippen LogP contribution in [0.5, 0.6) is 0 Å². The minimum atomic E-state index is 0.678. The van der Waals surface area contributed by atoms with E-state index in [-0.39, 0.29) is 0 Å². The maximum atomic E-state index is 5.78. The highest BCUT2D eigenvalue weighted by Gasteiger charge is 2.06. The number of hydrogen-bond acceptors (Lipinski definition) is 1. The van der Waals surface area contributed by atoms with E-state index in [2.05, 4.69) is 98.8 Å². The molecule has 0 saturated carbocycles. The van der Waals surface area contributed by atoms with E-state index in [9.17, 15) is 0 Å². The second-order valence-electron chi connectivity index (χ2n) is 6.77. The molecule has 3 aromatic carbocycles. The van der Waals surface area contributed by atoms with Crippen molar-refractivity contribution in [3.63, 3.8) is 0 Å². The fourth-order valence-corrected chi connectivity index (χ4v) is 3.19. The average Bonchev–Trinajstić information content (AvgIpc) is 2.73. The highest BCUT2D eigenvalue weighted by Crippen LogP contribution is 2.29. The van der Waals surface area contributed by atoms with Gasteiger partial charge in [0.1, 0.15) is 0 Å². The average molecular weight is 357 g/mol. The third kappa shape index (κ3) is 5.18. The van der Waals surface area contributed by atoms with Crippen LogP contribution in [0.2, 0.25) is 0 Å². The van der Waals surface area contributed by atoms with Crippen molar-refractivity contribution in [3.8, 4) is 22.3 Å². The van der Waals surface area contributed by atoms with Gasteiger partial charge in [-0.2, -0.15) is 0 Å². The molecular formula is C26H28O. The summed E-state index contributed by atoms with van der Waals surface area (Å²) in [6, 6.07) is 26.0. The largest absolute Gasteiger partial charge is 0.377 e. The van der Waals surface area contributed by atoms with Crippen LogP contribution < -0.4 is 0 Å². The number of rotatable bonds is 8. The first-order valence-corrected chi connectivity index (χ1v) is 9.81. The summed E-state index contributed by atoms with van der Waals surface area (Å²) in [6.07, 6.45) is 6.56. The minimum absolute atomic E-state index is 0.678. The van der Waals surface area contributed by atoms with Crippen molar-refractivity contribution in [2.75, 3.05) is 6.61 Å². The van der Waals surface area contributed by atoms with Gasteiger partial charge in [0.2, 0.25) is 0 Å². The normalized spacial score (nSPS) is 11.2. The van der Waals surface area contributed by atoms with Crippen LogP contribution in [0.15, 0.2) is 78.9 Å². The molecule has 0 fully saturated rings. The molecule has 0 unspecified atom stereocenters. The number of allylic oxidation sites excluding steroid dienone is 1. The van der Waals surface area contributed by atoms with Gasteiger partial charge in [-0.05, 0) is 52.8 Å². The summed E-state index contributed by atoms with van der Waals surface area (Å²) >= 11 is 0. The van der Waals surface area contributed by atoms with Crippen LogP contribution in [0, 0.1) is 0 Å². The lowest BCUT2D eigenvalue weighted by atomic mass is 9.95. The topological polar surface area (TPSA) is 9.23 Å². The van der Waals surface area contributed by atoms with Gasteiger partial charge in [-0.15, -0.1) is 0 Å². The van der Waals surface area contributed by atoms with E-state index in [1.54, 1.807) is 0 Å². The van der Waals surface area contributed by atoms with Gasteiger partial charge in [-0.3, -0.25) is 0 Å². The van der Waals surface area contributed by atoms with Crippen molar-refractivity contribution in [3.05, 3.63) is 90.0 Å². The fourth-order valence-electron chi connectivity index (χ4n) is 3.19. The van der Waals surface area contributed by atoms with Gasteiger partial charge in [0.05, 0.1) is 6.61 Å². The summed E-state index contributed by atoms with van der Waals surface area (Å²) in [5, 5.41) is 0. The van der Waals surface area contributed by atoms with Crippen LogP contribution in [0.3, 0.4) is 0 Å². The predicted molar refractivity (Wildman–Crippen MR) is 117 cm³/mol. The molecule has 0 aliphatic heterocycles. The fraction of sp³-hybridized carbons (Fsp3) is 0.231. The quantitative estimate of drug-likeness (QED) is 0.383. The lowest BCUT2D eigenvalue weighted by Crippen LogP contribution is -1.96. The molecule has 0 radical (unpaired) electrons. The van der Waals surface area contributed by atoms with E-state index >= 15 is 0 Å². The van der Waals surface area contributed by atoms with Crippen molar-refractivity contribution in [2.45, 2.75) is 33.3 Å². The van der Waals surface area contributed by atoms with Gasteiger partial charge in [-0.1, -0.05) is 92.2 Å². The van der Waals surface area contributed by atoms with Gasteiger partial charge in [0.25, 0.3) is 0 Å². The predicted octanol–water partition coefficient (Wildman–Crippen LogP) is 7.37. The summed E-state index contributed by atoms with van der Waals surface area (Å²) in [7, 11) is 0. The molecule has 0 heterocycles. The molecule has 0 amide bonds. The smallest absolute Gasteiger partial charge is 0.0717 e. The van der Waals surface area contributed by atoms with Crippen molar-refractivity contribution >= 4 is 6.08 Å². The zero-order valence-electron chi connectivity index (χ0n) is 16.3. The standard InChI is InChI=1S/C26H28O/c1-3-5-18-27-20-21-12-17-26(25(19-21)9-4-2)24-15-13-23(14-16-24)22-10-7-6-8-11-22/h4,6-17,19H,3,5,18,20H2,1-2H3/b9-4+. The molecular weight excluding hydrogens is 328 g/mol. The maximum absolute atomic E-state index is 5.78. The summed E-state index contributed by atoms with van der Waals surface area (Å²) < 4.78 is 5.78. The van der Waals surface area contributed by atoms with E-state index in [1.807, 2.05) is 0 Å². The number of benzene rings is 3. The summed E-state index contributed by atoms with van der Waals surface area (Å²) in [6.45, 7) is 5.76. The third-order valence-corrected chi connectivity index (χ3v) is 4.68. The van der Waals surface area contributed by atoms with Crippen LogP contribution >= 0.6 is 0 Å². The lowest BCUT2D eigenvalue weighted by Gasteiger charge is -2.11. The Morgan fingerprint density at radius 3 is 2.22 bits per heavy atom. The Labute approximate surface area is 163 Å². The summed E-state index contributed by atoms with van der Waals surface area (Å²) in [5.41, 5.74) is 7.45. The Bertz CT molecular complexity index is 860. The zero-order valence-corrected chi connectivity index (χ0v) is 16.3. The van der Waals surface area contributed by atoms with E-state index < -0.39 is 0 Å². The molecule has 0 bridgehead atoms. The number of ether oxygens (including phenoxy) is 1. The first-order chi connectivity index (χ1) is 13.3. The van der Waals surface area contributed by atoms with E-state index in [0.717, 1.165) is 13.0 Å². The molecule has 0 aliphatic carbocycles. The molecule has 138 valence electrons. The van der Waals surface area contributed by atoms with E-state index in [4.69, 9.17) is 4.74 Å². The van der Waals surface area contributed by atoms with Gasteiger partial charge in [-0.25, -0.2) is 0 Å². The lowest BCUT2D eigenvalue weighted by molar-refractivity contribution is 0.118. The Hall–Kier alpha value is -2.64. The zero-order chi connectivity index (χ0) is 18.9. The molecule has 0 aliphatic rings. The highest BCUT2D eigenvalue weighted by atomic mass is 16.5. The van der Waals surface area contributed by atoms with Crippen molar-refractivity contribution in [2.24, 2.45) is 0 Å². The molecule has 1 nitrogen and oxygen atoms in total. The number of hydrogen-bond donors (Lipinski definition) is 0. The molecule has 3 aromatic rings. The van der Waals surface area contributed by atoms with E-state index in [0.29, 0.717) is 6.61 Å². The molecule has 0 spiro atoms. The summed E-state index contributed by atoms with van der Waals surface area (Å²) in [4.78, 5) is 0. The molecule has 1 heteroatoms. The molecule has 3 rings (SSSR count). The van der Waals surface area contributed by atoms with Crippen LogP contribution in [-0.4, -0.2) is 6.61 Å². The van der Waals surface area contributed by atoms with Crippen molar-refractivity contribution < 1.29 is 4.74 Å². The first-order valence-electron chi connectivity index (χ1n) is 9.81. The third-order valence-electron chi connectivity index (χ3n) is 4.68. The second kappa shape index (κ2) is 9.89. The summed E-state index contributed by atoms with van der Waals surface area (Å²) in [5.74, 6) is 0. The Balaban J connectivity index is 1.82. The minimum Gasteiger partial charge on any atom is -0.377 e. The first kappa shape index (κ1) is 19.1. The molecule has 0 saturated heterocycles. The Kier molecular flexibility index (Phi) is 7.01. The molecule has 0 atom stereocenters. The van der Waals surface area contributed by atoms with Crippen molar-refractivity contribution in [1.29, 1.82) is 0 Å². The monoisotopic (exact) mass is 356 g/mol. The van der Waals surface area contributed by atoms with Gasteiger partial charge < -0.3 is 4.74 Å². The Morgan fingerprint density at radius 2 is 1.52 bits per heavy atom. The van der Waals surface area contributed by atoms with Crippen LogP contribution in [0.1, 0.15) is 37.8 Å². The molecule has 27 heavy (non-hydrogen) atoms.